The second kappa shape index (κ2) is 9.79. The van der Waals surface area contributed by atoms with Crippen molar-refractivity contribution in [3.05, 3.63) is 75.8 Å². The van der Waals surface area contributed by atoms with Gasteiger partial charge in [-0.15, -0.1) is 0 Å². The van der Waals surface area contributed by atoms with Crippen LogP contribution < -0.4 is 5.32 Å². The predicted octanol–water partition coefficient (Wildman–Crippen LogP) is 5.13. The molecule has 0 fully saturated rings. The van der Waals surface area contributed by atoms with Crippen LogP contribution in [0.2, 0.25) is 0 Å². The quantitative estimate of drug-likeness (QED) is 0.346. The van der Waals surface area contributed by atoms with E-state index in [2.05, 4.69) is 5.32 Å². The van der Waals surface area contributed by atoms with Gasteiger partial charge in [-0.2, -0.15) is 0 Å². The van der Waals surface area contributed by atoms with Gasteiger partial charge in [-0.3, -0.25) is 15.4 Å². The maximum absolute atomic E-state index is 13.8. The molecule has 0 aliphatic carbocycles. The number of nitrogens with zero attached hydrogens (tertiary/aromatic N) is 1. The lowest BCUT2D eigenvalue weighted by Crippen LogP contribution is -2.60. The van der Waals surface area contributed by atoms with Crippen LogP contribution in [0.25, 0.3) is 0 Å². The number of hydrogen-bond acceptors (Lipinski definition) is 6. The number of carbonyl (C=O) groups excluding carboxylic acids is 1. The Morgan fingerprint density at radius 1 is 0.969 bits per heavy atom. The average Bonchev–Trinajstić information content (AvgIpc) is 2.67. The number of non-ortho nitro benzene ring substituents is 1. The first-order valence-corrected chi connectivity index (χ1v) is 10.7. The first kappa shape index (κ1) is 25.5. The fraction of sp³-hybridized carbons (Fsp3) is 0.480. The van der Waals surface area contributed by atoms with Gasteiger partial charge < -0.3 is 9.47 Å². The van der Waals surface area contributed by atoms with Crippen molar-refractivity contribution < 1.29 is 19.2 Å². The molecule has 1 N–H and O–H groups in total. The molecule has 0 saturated carbocycles. The maximum atomic E-state index is 13.8. The number of carbonyl (C=O) groups is 1. The smallest absolute Gasteiger partial charge is 0.334 e. The number of nitrogens with one attached hydrogen (secondary N) is 1. The van der Waals surface area contributed by atoms with Crippen LogP contribution in [0.3, 0.4) is 0 Å². The van der Waals surface area contributed by atoms with Crippen LogP contribution in [-0.2, 0) is 26.4 Å². The molecule has 0 amide bonds. The van der Waals surface area contributed by atoms with Gasteiger partial charge in [-0.05, 0) is 71.7 Å². The number of nitro benzene ring substituents is 1. The van der Waals surface area contributed by atoms with Crippen molar-refractivity contribution >= 4 is 11.7 Å². The second-order valence-corrected chi connectivity index (χ2v) is 9.83. The molecule has 32 heavy (non-hydrogen) atoms. The first-order chi connectivity index (χ1) is 14.7. The summed E-state index contributed by atoms with van der Waals surface area (Å²) in [5, 5.41) is 14.6. The van der Waals surface area contributed by atoms with Crippen LogP contribution in [0.1, 0.15) is 59.6 Å². The Balaban J connectivity index is 2.63. The molecule has 2 aromatic carbocycles. The summed E-state index contributed by atoms with van der Waals surface area (Å²) in [6.07, 6.45) is -0.650. The lowest BCUT2D eigenvalue weighted by Gasteiger charge is -2.42. The van der Waals surface area contributed by atoms with Crippen LogP contribution in [0, 0.1) is 10.1 Å². The first-order valence-electron chi connectivity index (χ1n) is 10.7. The molecule has 7 heteroatoms. The molecule has 2 atom stereocenters. The van der Waals surface area contributed by atoms with Gasteiger partial charge >= 0.3 is 5.97 Å². The third kappa shape index (κ3) is 6.61. The summed E-state index contributed by atoms with van der Waals surface area (Å²) in [6, 6.07) is 15.6. The number of esters is 1. The largest absolute Gasteiger partial charge is 0.458 e. The summed E-state index contributed by atoms with van der Waals surface area (Å²) in [7, 11) is 0. The minimum atomic E-state index is -1.40. The fourth-order valence-electron chi connectivity index (χ4n) is 3.50. The number of ether oxygens (including phenoxy) is 2. The van der Waals surface area contributed by atoms with Gasteiger partial charge in [0.15, 0.2) is 5.54 Å². The molecule has 7 nitrogen and oxygen atoms in total. The summed E-state index contributed by atoms with van der Waals surface area (Å²) < 4.78 is 12.1. The Labute approximate surface area is 190 Å². The highest BCUT2D eigenvalue weighted by atomic mass is 16.6. The van der Waals surface area contributed by atoms with Gasteiger partial charge in [0.2, 0.25) is 0 Å². The predicted molar refractivity (Wildman–Crippen MR) is 124 cm³/mol. The normalized spacial score (nSPS) is 15.0. The van der Waals surface area contributed by atoms with Gasteiger partial charge in [0.1, 0.15) is 5.60 Å². The van der Waals surface area contributed by atoms with Crippen LogP contribution in [0.15, 0.2) is 54.6 Å². The molecule has 0 unspecified atom stereocenters. The fourth-order valence-corrected chi connectivity index (χ4v) is 3.50. The molecule has 0 spiro atoms. The average molecular weight is 443 g/mol. The van der Waals surface area contributed by atoms with Crippen molar-refractivity contribution in [3.63, 3.8) is 0 Å². The monoisotopic (exact) mass is 442 g/mol. The van der Waals surface area contributed by atoms with Gasteiger partial charge in [-0.1, -0.05) is 30.3 Å². The van der Waals surface area contributed by atoms with E-state index in [-0.39, 0.29) is 5.69 Å². The third-order valence-corrected chi connectivity index (χ3v) is 4.81. The molecule has 0 bridgehead atoms. The van der Waals surface area contributed by atoms with E-state index in [4.69, 9.17) is 9.47 Å². The zero-order valence-electron chi connectivity index (χ0n) is 20.0. The van der Waals surface area contributed by atoms with E-state index >= 15 is 0 Å². The van der Waals surface area contributed by atoms with E-state index in [0.29, 0.717) is 12.1 Å². The van der Waals surface area contributed by atoms with Crippen LogP contribution in [0.5, 0.6) is 0 Å². The van der Waals surface area contributed by atoms with Crippen molar-refractivity contribution in [1.82, 2.24) is 5.32 Å². The van der Waals surface area contributed by atoms with E-state index < -0.39 is 33.7 Å². The van der Waals surface area contributed by atoms with E-state index in [1.165, 1.54) is 12.1 Å². The highest BCUT2D eigenvalue weighted by Gasteiger charge is 2.49. The molecule has 0 aliphatic heterocycles. The summed E-state index contributed by atoms with van der Waals surface area (Å²) >= 11 is 0. The molecule has 2 aromatic rings. The minimum absolute atomic E-state index is 0.0562. The van der Waals surface area contributed by atoms with Crippen LogP contribution in [-0.4, -0.2) is 28.2 Å². The van der Waals surface area contributed by atoms with E-state index in [1.54, 1.807) is 32.9 Å². The molecule has 0 aromatic heterocycles. The third-order valence-electron chi connectivity index (χ3n) is 4.81. The molecular formula is C25H34N2O5. The number of benzene rings is 2. The SMILES string of the molecule is C[C@@H](OC(C)(C)C)[C@](NCc1ccccc1)(C(=O)OC(C)(C)C)c1ccc([N+](=O)[O-])cc1. The summed E-state index contributed by atoms with van der Waals surface area (Å²) in [6.45, 7) is 13.3. The minimum Gasteiger partial charge on any atom is -0.458 e. The lowest BCUT2D eigenvalue weighted by molar-refractivity contribution is -0.384. The molecule has 2 rings (SSSR count). The Morgan fingerprint density at radius 2 is 1.53 bits per heavy atom. The lowest BCUT2D eigenvalue weighted by atomic mass is 9.83. The van der Waals surface area contributed by atoms with Gasteiger partial charge in [0.25, 0.3) is 5.69 Å². The topological polar surface area (TPSA) is 90.7 Å². The zero-order valence-corrected chi connectivity index (χ0v) is 20.0. The van der Waals surface area contributed by atoms with E-state index in [1.807, 2.05) is 58.0 Å². The van der Waals surface area contributed by atoms with Gasteiger partial charge in [0.05, 0.1) is 16.6 Å². The van der Waals surface area contributed by atoms with Gasteiger partial charge in [-0.25, -0.2) is 4.79 Å². The van der Waals surface area contributed by atoms with Crippen molar-refractivity contribution in [2.75, 3.05) is 0 Å². The molecule has 0 saturated heterocycles. The summed E-state index contributed by atoms with van der Waals surface area (Å²) in [4.78, 5) is 24.5. The summed E-state index contributed by atoms with van der Waals surface area (Å²) in [5.41, 5.74) is -1.22. The van der Waals surface area contributed by atoms with Crippen LogP contribution in [0.4, 0.5) is 5.69 Å². The highest BCUT2D eigenvalue weighted by molar-refractivity contribution is 5.84. The van der Waals surface area contributed by atoms with E-state index in [0.717, 1.165) is 5.56 Å². The van der Waals surface area contributed by atoms with Crippen LogP contribution >= 0.6 is 0 Å². The number of nitro groups is 1. The Morgan fingerprint density at radius 3 is 2.00 bits per heavy atom. The summed E-state index contributed by atoms with van der Waals surface area (Å²) in [5.74, 6) is -0.508. The van der Waals surface area contributed by atoms with Crippen molar-refractivity contribution in [1.29, 1.82) is 0 Å². The van der Waals surface area contributed by atoms with Gasteiger partial charge in [0, 0.05) is 18.7 Å². The number of hydrogen-bond donors (Lipinski definition) is 1. The van der Waals surface area contributed by atoms with E-state index in [9.17, 15) is 14.9 Å². The molecule has 0 aliphatic rings. The molecule has 0 radical (unpaired) electrons. The zero-order chi connectivity index (χ0) is 24.2. The highest BCUT2D eigenvalue weighted by Crippen LogP contribution is 2.34. The van der Waals surface area contributed by atoms with Crippen molar-refractivity contribution in [3.8, 4) is 0 Å². The Kier molecular flexibility index (Phi) is 7.80. The van der Waals surface area contributed by atoms with Crippen molar-refractivity contribution in [2.45, 2.75) is 77.9 Å². The maximum Gasteiger partial charge on any atom is 0.334 e. The Bertz CT molecular complexity index is 914. The standard InChI is InChI=1S/C25H34N2O5/c1-18(31-23(2,3)4)25(22(28)32-24(5,6)7,26-17-19-11-9-8-10-12-19)20-13-15-21(16-14-20)27(29)30/h8-16,18,26H,17H2,1-7H3/t18-,25-/m1/s1. The van der Waals surface area contributed by atoms with Crippen molar-refractivity contribution in [2.24, 2.45) is 0 Å². The molecule has 174 valence electrons. The molecule has 0 heterocycles. The number of rotatable bonds is 8. The molecular weight excluding hydrogens is 408 g/mol. The second-order valence-electron chi connectivity index (χ2n) is 9.83. The Hall–Kier alpha value is -2.77.